The third-order valence-corrected chi connectivity index (χ3v) is 6.62. The summed E-state index contributed by atoms with van der Waals surface area (Å²) in [4.78, 5) is 27.0. The Bertz CT molecular complexity index is 1820. The number of hydrogen-bond acceptors (Lipinski definition) is 7. The van der Waals surface area contributed by atoms with Crippen LogP contribution >= 0.6 is 0 Å². The van der Waals surface area contributed by atoms with Crippen molar-refractivity contribution in [3.8, 4) is 18.1 Å². The Morgan fingerprint density at radius 2 is 2.00 bits per heavy atom. The minimum atomic E-state index is -0.975. The lowest BCUT2D eigenvalue weighted by molar-refractivity contribution is 0.142. The molecule has 0 radical (unpaired) electrons. The highest BCUT2D eigenvalue weighted by Crippen LogP contribution is 2.40. The number of benzene rings is 2. The van der Waals surface area contributed by atoms with Crippen LogP contribution in [0.15, 0.2) is 53.7 Å². The van der Waals surface area contributed by atoms with Crippen LogP contribution in [0.5, 0.6) is 0 Å². The fraction of sp³-hybridized carbons (Fsp3) is 0.200. The number of rotatable bonds is 3. The molecule has 1 N–H and O–H groups in total. The SMILES string of the molecule is N#CCn1c(=O)n([C@@H]2CC[C@@H](O)c3c(F)cccc32)c2nc(-n3cnc4ccc(C#N)cc43)ncc21. The maximum atomic E-state index is 14.7. The second-order valence-corrected chi connectivity index (χ2v) is 8.56. The summed E-state index contributed by atoms with van der Waals surface area (Å²) in [5.41, 5.74) is 2.53. The Kier molecular flexibility index (Phi) is 4.88. The molecule has 1 aliphatic rings. The fourth-order valence-corrected chi connectivity index (χ4v) is 4.99. The smallest absolute Gasteiger partial charge is 0.331 e. The molecule has 0 bridgehead atoms. The van der Waals surface area contributed by atoms with Crippen molar-refractivity contribution >= 4 is 22.2 Å². The van der Waals surface area contributed by atoms with Crippen LogP contribution < -0.4 is 5.69 Å². The Morgan fingerprint density at radius 1 is 1.14 bits per heavy atom. The molecule has 3 aromatic heterocycles. The second-order valence-electron chi connectivity index (χ2n) is 8.56. The number of hydrogen-bond donors (Lipinski definition) is 1. The molecule has 6 rings (SSSR count). The van der Waals surface area contributed by atoms with Gasteiger partial charge in [-0.05, 0) is 42.7 Å². The largest absolute Gasteiger partial charge is 0.388 e. The third kappa shape index (κ3) is 3.11. The first-order valence-corrected chi connectivity index (χ1v) is 11.2. The molecule has 11 heteroatoms. The van der Waals surface area contributed by atoms with E-state index < -0.39 is 23.7 Å². The van der Waals surface area contributed by atoms with E-state index in [1.807, 2.05) is 6.07 Å². The average molecular weight is 480 g/mol. The zero-order valence-electron chi connectivity index (χ0n) is 18.7. The zero-order valence-corrected chi connectivity index (χ0v) is 18.7. The van der Waals surface area contributed by atoms with Gasteiger partial charge >= 0.3 is 5.69 Å². The van der Waals surface area contributed by atoms with Crippen molar-refractivity contribution in [3.05, 3.63) is 81.9 Å². The topological polar surface area (TPSA) is 138 Å². The summed E-state index contributed by atoms with van der Waals surface area (Å²) in [5.74, 6) is -0.315. The van der Waals surface area contributed by atoms with Gasteiger partial charge < -0.3 is 5.11 Å². The molecule has 0 saturated heterocycles. The van der Waals surface area contributed by atoms with Crippen LogP contribution in [0.3, 0.4) is 0 Å². The monoisotopic (exact) mass is 480 g/mol. The summed E-state index contributed by atoms with van der Waals surface area (Å²) < 4.78 is 19.0. The summed E-state index contributed by atoms with van der Waals surface area (Å²) in [6.45, 7) is -0.212. The Labute approximate surface area is 202 Å². The lowest BCUT2D eigenvalue weighted by Crippen LogP contribution is -2.31. The van der Waals surface area contributed by atoms with E-state index in [0.29, 0.717) is 34.1 Å². The maximum absolute atomic E-state index is 14.7. The fourth-order valence-electron chi connectivity index (χ4n) is 4.99. The van der Waals surface area contributed by atoms with Crippen molar-refractivity contribution in [2.45, 2.75) is 31.5 Å². The number of halogens is 1. The van der Waals surface area contributed by atoms with Crippen LogP contribution in [0.1, 0.15) is 41.7 Å². The molecular formula is C25H17FN8O2. The van der Waals surface area contributed by atoms with Crippen molar-refractivity contribution < 1.29 is 9.50 Å². The van der Waals surface area contributed by atoms with Gasteiger partial charge in [0.15, 0.2) is 5.65 Å². The highest BCUT2D eigenvalue weighted by molar-refractivity contribution is 5.79. The molecule has 5 aromatic rings. The summed E-state index contributed by atoms with van der Waals surface area (Å²) in [6, 6.07) is 13.1. The van der Waals surface area contributed by atoms with E-state index in [1.54, 1.807) is 34.9 Å². The Balaban J connectivity index is 1.61. The minimum Gasteiger partial charge on any atom is -0.388 e. The van der Waals surface area contributed by atoms with Crippen LogP contribution in [0.2, 0.25) is 0 Å². The number of nitrogens with zero attached hydrogens (tertiary/aromatic N) is 8. The van der Waals surface area contributed by atoms with Gasteiger partial charge in [-0.25, -0.2) is 19.2 Å². The van der Waals surface area contributed by atoms with Gasteiger partial charge in [0.1, 0.15) is 24.2 Å². The standard InChI is InChI=1S/C25H17FN8O2/c26-16-3-1-2-15-18(6-7-21(35)22(15)16)34-23-20(32(9-8-27)25(34)36)12-29-24(31-23)33-13-30-17-5-4-14(11-28)10-19(17)33/h1-5,10,12-13,18,21,35H,6-7,9H2/t18-,21-/m1/s1. The lowest BCUT2D eigenvalue weighted by Gasteiger charge is -2.29. The second kappa shape index (κ2) is 8.12. The maximum Gasteiger partial charge on any atom is 0.331 e. The van der Waals surface area contributed by atoms with Crippen molar-refractivity contribution in [2.75, 3.05) is 0 Å². The molecule has 0 spiro atoms. The quantitative estimate of drug-likeness (QED) is 0.419. The number of nitriles is 2. The molecule has 0 unspecified atom stereocenters. The lowest BCUT2D eigenvalue weighted by atomic mass is 9.85. The average Bonchev–Trinajstić information content (AvgIpc) is 3.43. The van der Waals surface area contributed by atoms with E-state index >= 15 is 0 Å². The van der Waals surface area contributed by atoms with Crippen molar-refractivity contribution in [2.24, 2.45) is 0 Å². The van der Waals surface area contributed by atoms with Crippen LogP contribution in [-0.2, 0) is 6.54 Å². The molecule has 1 aliphatic carbocycles. The van der Waals surface area contributed by atoms with Gasteiger partial charge in [-0.2, -0.15) is 15.5 Å². The number of aliphatic hydroxyl groups is 1. The van der Waals surface area contributed by atoms with Crippen molar-refractivity contribution in [1.29, 1.82) is 10.5 Å². The van der Waals surface area contributed by atoms with Crippen LogP contribution in [-0.4, -0.2) is 33.8 Å². The van der Waals surface area contributed by atoms with Gasteiger partial charge in [0, 0.05) is 5.56 Å². The molecule has 0 fully saturated rings. The zero-order chi connectivity index (χ0) is 25.0. The van der Waals surface area contributed by atoms with E-state index in [-0.39, 0.29) is 30.1 Å². The van der Waals surface area contributed by atoms with Gasteiger partial charge in [-0.3, -0.25) is 13.7 Å². The molecule has 36 heavy (non-hydrogen) atoms. The minimum absolute atomic E-state index is 0.167. The summed E-state index contributed by atoms with van der Waals surface area (Å²) in [6.07, 6.45) is 2.66. The van der Waals surface area contributed by atoms with Gasteiger partial charge in [-0.1, -0.05) is 12.1 Å². The highest BCUT2D eigenvalue weighted by Gasteiger charge is 2.33. The van der Waals surface area contributed by atoms with Gasteiger partial charge in [0.05, 0.1) is 47.1 Å². The molecule has 176 valence electrons. The number of aromatic nitrogens is 6. The van der Waals surface area contributed by atoms with E-state index in [2.05, 4.69) is 21.0 Å². The highest BCUT2D eigenvalue weighted by atomic mass is 19.1. The summed E-state index contributed by atoms with van der Waals surface area (Å²) in [7, 11) is 0. The first-order valence-electron chi connectivity index (χ1n) is 11.2. The van der Waals surface area contributed by atoms with E-state index in [1.165, 1.54) is 27.7 Å². The predicted molar refractivity (Wildman–Crippen MR) is 125 cm³/mol. The van der Waals surface area contributed by atoms with E-state index in [0.717, 1.165) is 0 Å². The Morgan fingerprint density at radius 3 is 2.81 bits per heavy atom. The number of aliphatic hydroxyl groups excluding tert-OH is 1. The molecule has 2 atom stereocenters. The summed E-state index contributed by atoms with van der Waals surface area (Å²) >= 11 is 0. The van der Waals surface area contributed by atoms with Gasteiger partial charge in [0.25, 0.3) is 0 Å². The van der Waals surface area contributed by atoms with Crippen molar-refractivity contribution in [1.82, 2.24) is 28.7 Å². The first-order chi connectivity index (χ1) is 17.5. The normalized spacial score (nSPS) is 17.1. The van der Waals surface area contributed by atoms with Crippen molar-refractivity contribution in [3.63, 3.8) is 0 Å². The Hall–Kier alpha value is -4.87. The molecule has 2 aromatic carbocycles. The number of imidazole rings is 2. The molecule has 0 amide bonds. The predicted octanol–water partition coefficient (Wildman–Crippen LogP) is 2.88. The van der Waals surface area contributed by atoms with E-state index in [9.17, 15) is 24.8 Å². The van der Waals surface area contributed by atoms with Crippen LogP contribution in [0.4, 0.5) is 4.39 Å². The van der Waals surface area contributed by atoms with Gasteiger partial charge in [-0.15, -0.1) is 0 Å². The third-order valence-electron chi connectivity index (χ3n) is 6.62. The molecular weight excluding hydrogens is 463 g/mol. The number of fused-ring (bicyclic) bond motifs is 3. The van der Waals surface area contributed by atoms with Gasteiger partial charge in [0.2, 0.25) is 5.95 Å². The van der Waals surface area contributed by atoms with Crippen LogP contribution in [0.25, 0.3) is 28.1 Å². The summed E-state index contributed by atoms with van der Waals surface area (Å²) in [5, 5.41) is 29.1. The first kappa shape index (κ1) is 21.6. The molecule has 3 heterocycles. The molecule has 0 aliphatic heterocycles. The molecule has 0 saturated carbocycles. The van der Waals surface area contributed by atoms with Crippen LogP contribution in [0, 0.1) is 28.5 Å². The molecule has 10 nitrogen and oxygen atoms in total. The van der Waals surface area contributed by atoms with E-state index in [4.69, 9.17) is 0 Å².